The Morgan fingerprint density at radius 3 is 2.92 bits per heavy atom. The first-order chi connectivity index (χ1) is 12.8. The predicted molar refractivity (Wildman–Crippen MR) is 105 cm³/mol. The van der Waals surface area contributed by atoms with E-state index < -0.39 is 0 Å². The molecule has 0 spiro atoms. The first-order valence-electron chi connectivity index (χ1n) is 8.26. The van der Waals surface area contributed by atoms with Gasteiger partial charge in [-0.15, -0.1) is 0 Å². The molecule has 0 unspecified atom stereocenters. The van der Waals surface area contributed by atoms with Crippen LogP contribution in [0.2, 0.25) is 0 Å². The molecule has 0 fully saturated rings. The Kier molecular flexibility index (Phi) is 4.51. The smallest absolute Gasteiger partial charge is 0.259 e. The van der Waals surface area contributed by atoms with Crippen molar-refractivity contribution in [3.8, 4) is 11.1 Å². The van der Waals surface area contributed by atoms with Gasteiger partial charge >= 0.3 is 0 Å². The lowest BCUT2D eigenvalue weighted by Gasteiger charge is -2.08. The Bertz CT molecular complexity index is 980. The summed E-state index contributed by atoms with van der Waals surface area (Å²) in [6.07, 6.45) is 4.03. The Hall–Kier alpha value is -2.96. The van der Waals surface area contributed by atoms with E-state index in [1.165, 1.54) is 0 Å². The first-order valence-corrected chi connectivity index (χ1v) is 9.20. The molecule has 1 aliphatic heterocycles. The van der Waals surface area contributed by atoms with Crippen molar-refractivity contribution >= 4 is 34.3 Å². The van der Waals surface area contributed by atoms with Crippen molar-refractivity contribution in [1.29, 1.82) is 0 Å². The third-order valence-corrected chi connectivity index (χ3v) is 4.96. The van der Waals surface area contributed by atoms with E-state index in [-0.39, 0.29) is 12.5 Å². The van der Waals surface area contributed by atoms with Gasteiger partial charge in [0, 0.05) is 35.8 Å². The standard InChI is InChI=1S/C20H17N3O2S/c24-7-5-13-3-1-2-4-18(13)21-11-17-16-9-15(14-6-8-26-12-14)10-22-19(16)23-20(17)25/h1-4,6,8-12,21,24H,5,7H2,(H,22,23,25)/b17-11+. The number of aromatic nitrogens is 1. The summed E-state index contributed by atoms with van der Waals surface area (Å²) in [6.45, 7) is 0.0759. The number of aliphatic hydroxyl groups excluding tert-OH is 1. The first kappa shape index (κ1) is 16.5. The third-order valence-electron chi connectivity index (χ3n) is 4.28. The second-order valence-corrected chi connectivity index (χ2v) is 6.70. The van der Waals surface area contributed by atoms with Gasteiger partial charge in [0.1, 0.15) is 5.82 Å². The van der Waals surface area contributed by atoms with Crippen LogP contribution >= 0.6 is 11.3 Å². The van der Waals surface area contributed by atoms with Crippen LogP contribution in [0.5, 0.6) is 0 Å². The molecule has 3 aromatic rings. The average Bonchev–Trinajstić information content (AvgIpc) is 3.28. The number of benzene rings is 1. The average molecular weight is 363 g/mol. The zero-order chi connectivity index (χ0) is 17.9. The van der Waals surface area contributed by atoms with Gasteiger partial charge in [0.2, 0.25) is 0 Å². The molecule has 0 bridgehead atoms. The van der Waals surface area contributed by atoms with E-state index in [4.69, 9.17) is 0 Å². The maximum absolute atomic E-state index is 12.4. The van der Waals surface area contributed by atoms with Crippen molar-refractivity contribution in [3.63, 3.8) is 0 Å². The SMILES string of the molecule is O=C1Nc2ncc(-c3ccsc3)cc2/C1=C\Nc1ccccc1CCO. The number of nitrogens with one attached hydrogen (secondary N) is 2. The lowest BCUT2D eigenvalue weighted by atomic mass is 10.1. The molecule has 130 valence electrons. The second-order valence-electron chi connectivity index (χ2n) is 5.92. The van der Waals surface area contributed by atoms with Crippen LogP contribution in [-0.2, 0) is 11.2 Å². The van der Waals surface area contributed by atoms with E-state index in [1.54, 1.807) is 23.7 Å². The highest BCUT2D eigenvalue weighted by Gasteiger charge is 2.26. The number of carbonyl (C=O) groups excluding carboxylic acids is 1. The predicted octanol–water partition coefficient (Wildman–Crippen LogP) is 3.75. The van der Waals surface area contributed by atoms with E-state index in [9.17, 15) is 9.90 Å². The summed E-state index contributed by atoms with van der Waals surface area (Å²) >= 11 is 1.63. The molecule has 0 aliphatic carbocycles. The summed E-state index contributed by atoms with van der Waals surface area (Å²) in [4.78, 5) is 16.8. The second kappa shape index (κ2) is 7.11. The van der Waals surface area contributed by atoms with Crippen LogP contribution in [0.1, 0.15) is 11.1 Å². The number of fused-ring (bicyclic) bond motifs is 1. The number of pyridine rings is 1. The van der Waals surface area contributed by atoms with Crippen LogP contribution in [0.4, 0.5) is 11.5 Å². The molecule has 2 aromatic heterocycles. The highest BCUT2D eigenvalue weighted by molar-refractivity contribution is 7.08. The maximum atomic E-state index is 12.4. The number of hydrogen-bond donors (Lipinski definition) is 3. The molecule has 1 aliphatic rings. The van der Waals surface area contributed by atoms with Gasteiger partial charge < -0.3 is 15.7 Å². The van der Waals surface area contributed by atoms with Crippen molar-refractivity contribution in [1.82, 2.24) is 4.98 Å². The minimum Gasteiger partial charge on any atom is -0.396 e. The van der Waals surface area contributed by atoms with Crippen LogP contribution in [-0.4, -0.2) is 22.6 Å². The molecule has 0 radical (unpaired) electrons. The highest BCUT2D eigenvalue weighted by atomic mass is 32.1. The van der Waals surface area contributed by atoms with Crippen LogP contribution in [0.25, 0.3) is 16.7 Å². The van der Waals surface area contributed by atoms with Crippen LogP contribution in [0, 0.1) is 0 Å². The van der Waals surface area contributed by atoms with Gasteiger partial charge in [-0.05, 0) is 46.5 Å². The summed E-state index contributed by atoms with van der Waals surface area (Å²) < 4.78 is 0. The summed E-state index contributed by atoms with van der Waals surface area (Å²) in [6, 6.07) is 11.7. The molecular formula is C20H17N3O2S. The molecule has 0 atom stereocenters. The van der Waals surface area contributed by atoms with Gasteiger partial charge in [0.15, 0.2) is 0 Å². The third kappa shape index (κ3) is 3.12. The number of carbonyl (C=O) groups is 1. The number of para-hydroxylation sites is 1. The fraction of sp³-hybridized carbons (Fsp3) is 0.100. The molecule has 4 rings (SSSR count). The molecule has 3 N–H and O–H groups in total. The number of hydrogen-bond acceptors (Lipinski definition) is 5. The molecule has 3 heterocycles. The molecule has 0 saturated carbocycles. The fourth-order valence-corrected chi connectivity index (χ4v) is 3.61. The Labute approximate surface area is 155 Å². The van der Waals surface area contributed by atoms with Crippen LogP contribution < -0.4 is 10.6 Å². The Morgan fingerprint density at radius 2 is 2.12 bits per heavy atom. The highest BCUT2D eigenvalue weighted by Crippen LogP contribution is 2.34. The summed E-state index contributed by atoms with van der Waals surface area (Å²) in [7, 11) is 0. The van der Waals surface area contributed by atoms with E-state index in [0.717, 1.165) is 27.9 Å². The summed E-state index contributed by atoms with van der Waals surface area (Å²) in [5.74, 6) is 0.396. The molecule has 26 heavy (non-hydrogen) atoms. The van der Waals surface area contributed by atoms with E-state index in [0.29, 0.717) is 17.8 Å². The number of anilines is 2. The largest absolute Gasteiger partial charge is 0.396 e. The molecule has 5 nitrogen and oxygen atoms in total. The molecule has 6 heteroatoms. The summed E-state index contributed by atoms with van der Waals surface area (Å²) in [5.41, 5.74) is 5.26. The van der Waals surface area contributed by atoms with Gasteiger partial charge in [0.05, 0.1) is 5.57 Å². The summed E-state index contributed by atoms with van der Waals surface area (Å²) in [5, 5.41) is 19.3. The van der Waals surface area contributed by atoms with Crippen molar-refractivity contribution in [2.75, 3.05) is 17.2 Å². The molecular weight excluding hydrogens is 346 g/mol. The fourth-order valence-electron chi connectivity index (χ4n) is 2.95. The van der Waals surface area contributed by atoms with Crippen molar-refractivity contribution in [3.05, 3.63) is 70.7 Å². The number of aliphatic hydroxyl groups is 1. The van der Waals surface area contributed by atoms with Crippen LogP contribution in [0.15, 0.2) is 59.6 Å². The van der Waals surface area contributed by atoms with Gasteiger partial charge in [-0.3, -0.25) is 4.79 Å². The van der Waals surface area contributed by atoms with Crippen molar-refractivity contribution < 1.29 is 9.90 Å². The number of nitrogens with zero attached hydrogens (tertiary/aromatic N) is 1. The topological polar surface area (TPSA) is 74.2 Å². The Morgan fingerprint density at radius 1 is 1.23 bits per heavy atom. The Balaban J connectivity index is 1.67. The number of rotatable bonds is 5. The minimum atomic E-state index is -0.179. The molecule has 1 amide bonds. The van der Waals surface area contributed by atoms with Crippen molar-refractivity contribution in [2.45, 2.75) is 6.42 Å². The number of thiophene rings is 1. The van der Waals surface area contributed by atoms with Gasteiger partial charge in [-0.1, -0.05) is 18.2 Å². The zero-order valence-electron chi connectivity index (χ0n) is 13.9. The van der Waals surface area contributed by atoms with Gasteiger partial charge in [-0.2, -0.15) is 11.3 Å². The van der Waals surface area contributed by atoms with E-state index in [2.05, 4.69) is 21.0 Å². The van der Waals surface area contributed by atoms with Crippen LogP contribution in [0.3, 0.4) is 0 Å². The zero-order valence-corrected chi connectivity index (χ0v) is 14.7. The van der Waals surface area contributed by atoms with Gasteiger partial charge in [0.25, 0.3) is 5.91 Å². The van der Waals surface area contributed by atoms with E-state index in [1.807, 2.05) is 41.8 Å². The monoisotopic (exact) mass is 363 g/mol. The number of amides is 1. The quantitative estimate of drug-likeness (QED) is 0.604. The molecule has 1 aromatic carbocycles. The van der Waals surface area contributed by atoms with Gasteiger partial charge in [-0.25, -0.2) is 4.98 Å². The maximum Gasteiger partial charge on any atom is 0.259 e. The normalized spacial score (nSPS) is 14.3. The molecule has 0 saturated heterocycles. The van der Waals surface area contributed by atoms with E-state index >= 15 is 0 Å². The van der Waals surface area contributed by atoms with Crippen molar-refractivity contribution in [2.24, 2.45) is 0 Å². The lowest BCUT2D eigenvalue weighted by Crippen LogP contribution is -2.06. The lowest BCUT2D eigenvalue weighted by molar-refractivity contribution is -0.110. The minimum absolute atomic E-state index is 0.0759.